The Morgan fingerprint density at radius 1 is 0.841 bits per heavy atom. The van der Waals surface area contributed by atoms with Gasteiger partial charge in [-0.2, -0.15) is 5.26 Å². The molecule has 3 rings (SSSR count). The van der Waals surface area contributed by atoms with Gasteiger partial charge in [0.1, 0.15) is 6.07 Å². The fraction of sp³-hybridized carbons (Fsp3) is 0.800. The molecular weight excluding hydrogens is 538 g/mol. The first-order valence-electron chi connectivity index (χ1n) is 19.0. The van der Waals surface area contributed by atoms with Crippen LogP contribution in [0.5, 0.6) is 0 Å². The van der Waals surface area contributed by atoms with Crippen LogP contribution in [-0.2, 0) is 11.3 Å². The topological polar surface area (TPSA) is 50.8 Å². The molecule has 44 heavy (non-hydrogen) atoms. The van der Waals surface area contributed by atoms with Crippen LogP contribution in [0.1, 0.15) is 179 Å². The molecule has 0 N–H and O–H groups in total. The van der Waals surface area contributed by atoms with Crippen LogP contribution in [-0.4, -0.2) is 23.3 Å². The van der Waals surface area contributed by atoms with E-state index >= 15 is 0 Å². The molecule has 2 aliphatic heterocycles. The number of rotatable bonds is 16. The molecule has 1 fully saturated rings. The number of nitrogens with zero attached hydrogens (tertiary/aromatic N) is 3. The summed E-state index contributed by atoms with van der Waals surface area (Å²) in [6.07, 6.45) is 33.2. The van der Waals surface area contributed by atoms with Crippen molar-refractivity contribution in [3.8, 4) is 17.3 Å². The van der Waals surface area contributed by atoms with Gasteiger partial charge in [0.25, 0.3) is 0 Å². The van der Waals surface area contributed by atoms with Crippen LogP contribution in [0.2, 0.25) is 0 Å². The molecule has 1 aliphatic carbocycles. The number of aromatic nitrogens is 2. The van der Waals surface area contributed by atoms with Crippen molar-refractivity contribution in [1.29, 1.82) is 5.26 Å². The summed E-state index contributed by atoms with van der Waals surface area (Å²) >= 11 is 0. The first-order chi connectivity index (χ1) is 21.6. The molecule has 0 aromatic heterocycles. The lowest BCUT2D eigenvalue weighted by atomic mass is 9.87. The number of hydrogen-bond donors (Lipinski definition) is 0. The molecular formula is C40H67N3O. The summed E-state index contributed by atoms with van der Waals surface area (Å²) in [4.78, 5) is 5.24. The van der Waals surface area contributed by atoms with Crippen molar-refractivity contribution in [2.75, 3.05) is 13.7 Å². The van der Waals surface area contributed by atoms with Crippen molar-refractivity contribution in [3.63, 3.8) is 0 Å². The zero-order chi connectivity index (χ0) is 31.4. The van der Waals surface area contributed by atoms with Gasteiger partial charge in [0.15, 0.2) is 0 Å². The summed E-state index contributed by atoms with van der Waals surface area (Å²) in [5.74, 6) is 2.64. The van der Waals surface area contributed by atoms with Gasteiger partial charge < -0.3 is 9.30 Å². The van der Waals surface area contributed by atoms with Crippen LogP contribution in [0.15, 0.2) is 18.5 Å². The second-order valence-corrected chi connectivity index (χ2v) is 14.5. The first-order valence-corrected chi connectivity index (χ1v) is 19.0. The molecule has 0 spiro atoms. The normalized spacial score (nSPS) is 20.6. The monoisotopic (exact) mass is 606 g/mol. The lowest BCUT2D eigenvalue weighted by molar-refractivity contribution is 0.140. The second-order valence-electron chi connectivity index (χ2n) is 14.5. The van der Waals surface area contributed by atoms with E-state index in [-0.39, 0.29) is 0 Å². The Labute approximate surface area is 272 Å². The molecule has 4 nitrogen and oxygen atoms in total. The van der Waals surface area contributed by atoms with Crippen molar-refractivity contribution in [3.05, 3.63) is 29.7 Å². The fourth-order valence-electron chi connectivity index (χ4n) is 7.74. The number of fused-ring (bicyclic) bond motifs is 1. The summed E-state index contributed by atoms with van der Waals surface area (Å²) in [7, 11) is 1.85. The number of pyridine rings is 1. The zero-order valence-electron chi connectivity index (χ0n) is 29.3. The highest BCUT2D eigenvalue weighted by molar-refractivity contribution is 5.71. The predicted molar refractivity (Wildman–Crippen MR) is 187 cm³/mol. The quantitative estimate of drug-likeness (QED) is 0.179. The Morgan fingerprint density at radius 3 is 2.11 bits per heavy atom. The van der Waals surface area contributed by atoms with Gasteiger partial charge in [0.2, 0.25) is 0 Å². The minimum atomic E-state index is 0.414. The Bertz CT molecular complexity index is 1020. The van der Waals surface area contributed by atoms with Gasteiger partial charge in [-0.3, -0.25) is 0 Å². The van der Waals surface area contributed by atoms with Gasteiger partial charge in [-0.1, -0.05) is 124 Å². The van der Waals surface area contributed by atoms with Crippen molar-refractivity contribution in [2.45, 2.75) is 174 Å². The Kier molecular flexibility index (Phi) is 18.1. The van der Waals surface area contributed by atoms with E-state index in [0.29, 0.717) is 11.8 Å². The summed E-state index contributed by atoms with van der Waals surface area (Å²) in [6, 6.07) is 4.79. The summed E-state index contributed by atoms with van der Waals surface area (Å²) in [5.41, 5.74) is 4.03. The van der Waals surface area contributed by atoms with Crippen molar-refractivity contribution in [2.24, 2.45) is 17.8 Å². The second kappa shape index (κ2) is 21.8. The summed E-state index contributed by atoms with van der Waals surface area (Å²) in [6.45, 7) is 9.00. The standard InChI is InChI=1S/C40H67N3O/c1-5-7-21-34(23-16-17-24-35(32-44-4)22-8-6-2)30-43-28-27-37-38(29-41)40(42-39(37)31-43)36-25-15-13-11-9-10-12-14-19-33(3)20-18-26-36/h27-28,31,33-36H,5-26,30,32H2,1-4H3. The number of hydrogen-bond acceptors (Lipinski definition) is 3. The van der Waals surface area contributed by atoms with Crippen LogP contribution in [0, 0.1) is 29.1 Å². The molecule has 0 radical (unpaired) electrons. The number of methoxy groups -OCH3 is 1. The highest BCUT2D eigenvalue weighted by Crippen LogP contribution is 2.37. The molecule has 4 heteroatoms. The molecule has 0 amide bonds. The van der Waals surface area contributed by atoms with E-state index in [1.807, 2.05) is 7.11 Å². The number of unbranched alkanes of at least 4 members (excludes halogenated alkanes) is 3. The number of ether oxygens (including phenoxy) is 1. The fourth-order valence-corrected chi connectivity index (χ4v) is 7.74. The maximum atomic E-state index is 10.3. The summed E-state index contributed by atoms with van der Waals surface area (Å²) in [5, 5.41) is 10.3. The zero-order valence-corrected chi connectivity index (χ0v) is 29.3. The molecule has 0 aromatic rings. The molecule has 0 saturated heterocycles. The third-order valence-corrected chi connectivity index (χ3v) is 10.5. The molecule has 4 atom stereocenters. The maximum Gasteiger partial charge on any atom is 0.102 e. The first kappa shape index (κ1) is 36.6. The molecule has 0 bridgehead atoms. The smallest absolute Gasteiger partial charge is 0.102 e. The van der Waals surface area contributed by atoms with Crippen LogP contribution < -0.4 is 0 Å². The Balaban J connectivity index is 1.68. The molecule has 3 aliphatic rings. The maximum absolute atomic E-state index is 10.3. The van der Waals surface area contributed by atoms with Crippen molar-refractivity contribution in [1.82, 2.24) is 9.55 Å². The van der Waals surface area contributed by atoms with Gasteiger partial charge in [0, 0.05) is 44.1 Å². The molecule has 1 saturated carbocycles. The highest BCUT2D eigenvalue weighted by Gasteiger charge is 2.25. The van der Waals surface area contributed by atoms with E-state index < -0.39 is 0 Å². The van der Waals surface area contributed by atoms with Gasteiger partial charge in [0.05, 0.1) is 17.0 Å². The third kappa shape index (κ3) is 12.9. The summed E-state index contributed by atoms with van der Waals surface area (Å²) < 4.78 is 7.90. The van der Waals surface area contributed by atoms with E-state index in [1.165, 1.54) is 141 Å². The van der Waals surface area contributed by atoms with Gasteiger partial charge in [-0.25, -0.2) is 4.98 Å². The van der Waals surface area contributed by atoms with Crippen LogP contribution in [0.25, 0.3) is 11.3 Å². The van der Waals surface area contributed by atoms with Crippen LogP contribution in [0.4, 0.5) is 0 Å². The molecule has 4 unspecified atom stereocenters. The van der Waals surface area contributed by atoms with E-state index in [1.54, 1.807) is 0 Å². The van der Waals surface area contributed by atoms with E-state index in [0.717, 1.165) is 47.5 Å². The van der Waals surface area contributed by atoms with Crippen LogP contribution >= 0.6 is 0 Å². The SMILES string of the molecule is CCCCC(CCCCC(CCCC)Cn1ccc2c(C#N)c(C3CCCCCCCCCC(C)CCC3)nc-2c1)COC. The van der Waals surface area contributed by atoms with Crippen molar-refractivity contribution >= 4 is 0 Å². The third-order valence-electron chi connectivity index (χ3n) is 10.5. The predicted octanol–water partition coefficient (Wildman–Crippen LogP) is 12.1. The van der Waals surface area contributed by atoms with Gasteiger partial charge in [-0.05, 0) is 62.3 Å². The largest absolute Gasteiger partial charge is 0.384 e. The van der Waals surface area contributed by atoms with Crippen molar-refractivity contribution < 1.29 is 4.74 Å². The average molecular weight is 606 g/mol. The van der Waals surface area contributed by atoms with E-state index in [4.69, 9.17) is 9.72 Å². The molecule has 2 heterocycles. The Hall–Kier alpha value is -1.86. The average Bonchev–Trinajstić information content (AvgIpc) is 3.39. The van der Waals surface area contributed by atoms with Gasteiger partial charge in [-0.15, -0.1) is 0 Å². The lowest BCUT2D eigenvalue weighted by Crippen LogP contribution is -2.12. The minimum absolute atomic E-state index is 0.414. The van der Waals surface area contributed by atoms with E-state index in [9.17, 15) is 5.26 Å². The number of nitriles is 1. The van der Waals surface area contributed by atoms with Gasteiger partial charge >= 0.3 is 0 Å². The highest BCUT2D eigenvalue weighted by atomic mass is 16.5. The Morgan fingerprint density at radius 2 is 1.43 bits per heavy atom. The lowest BCUT2D eigenvalue weighted by Gasteiger charge is -2.20. The van der Waals surface area contributed by atoms with E-state index in [2.05, 4.69) is 49.9 Å². The molecule has 248 valence electrons. The van der Waals surface area contributed by atoms with Crippen LogP contribution in [0.3, 0.4) is 0 Å². The molecule has 0 aromatic carbocycles. The minimum Gasteiger partial charge on any atom is -0.384 e.